The molecule has 0 aliphatic heterocycles. The third-order valence-electron chi connectivity index (χ3n) is 1.86. The van der Waals surface area contributed by atoms with Crippen LogP contribution in [0.15, 0.2) is 36.4 Å². The molecule has 0 saturated carbocycles. The van der Waals surface area contributed by atoms with E-state index in [4.69, 9.17) is 11.5 Å². The zero-order chi connectivity index (χ0) is 8.55. The fraction of sp³-hybridized carbons (Fsp3) is 0. The summed E-state index contributed by atoms with van der Waals surface area (Å²) in [6.07, 6.45) is 0. The Morgan fingerprint density at radius 1 is 0.917 bits per heavy atom. The van der Waals surface area contributed by atoms with E-state index < -0.39 is 0 Å². The van der Waals surface area contributed by atoms with Gasteiger partial charge in [-0.25, -0.2) is 0 Å². The first kappa shape index (κ1) is 6.98. The van der Waals surface area contributed by atoms with Gasteiger partial charge in [0.25, 0.3) is 0 Å². The Hall–Kier alpha value is -1.70. The first-order valence-corrected chi connectivity index (χ1v) is 3.76. The number of hydrogen-bond acceptors (Lipinski definition) is 1. The van der Waals surface area contributed by atoms with Gasteiger partial charge < -0.3 is 11.5 Å². The molecule has 0 bridgehead atoms. The molecule has 12 heavy (non-hydrogen) atoms. The fourth-order valence-electron chi connectivity index (χ4n) is 1.26. The second-order valence-electron chi connectivity index (χ2n) is 2.82. The van der Waals surface area contributed by atoms with Crippen molar-refractivity contribution in [3.8, 4) is 0 Å². The normalized spacial score (nSPS) is 10.3. The molecule has 0 heterocycles. The monoisotopic (exact) mass is 157 g/mol. The number of nitrogens with one attached hydrogen (secondary N) is 1. The summed E-state index contributed by atoms with van der Waals surface area (Å²) in [6.45, 7) is 0. The quantitative estimate of drug-likeness (QED) is 0.587. The first-order chi connectivity index (χ1) is 5.75. The van der Waals surface area contributed by atoms with Crippen molar-refractivity contribution in [3.63, 3.8) is 0 Å². The number of benzene rings is 2. The van der Waals surface area contributed by atoms with Crippen molar-refractivity contribution in [2.75, 3.05) is 5.73 Å². The molecule has 0 aliphatic carbocycles. The summed E-state index contributed by atoms with van der Waals surface area (Å²) >= 11 is 0. The van der Waals surface area contributed by atoms with Gasteiger partial charge in [-0.15, -0.1) is 5.69 Å². The van der Waals surface area contributed by atoms with E-state index in [1.54, 1.807) is 6.07 Å². The molecule has 0 spiro atoms. The molecule has 2 aromatic carbocycles. The molecule has 0 fully saturated rings. The molecular formula is C10H9N2-. The van der Waals surface area contributed by atoms with E-state index >= 15 is 0 Å². The Labute approximate surface area is 70.8 Å². The summed E-state index contributed by atoms with van der Waals surface area (Å²) in [5, 5.41) is 2.16. The van der Waals surface area contributed by atoms with Crippen molar-refractivity contribution >= 4 is 22.1 Å². The molecule has 2 aromatic rings. The van der Waals surface area contributed by atoms with Gasteiger partial charge in [-0.05, 0) is 22.9 Å². The SMILES string of the molecule is [NH-]c1ccc2cc(N)ccc2c1. The molecule has 0 saturated heterocycles. The van der Waals surface area contributed by atoms with Crippen molar-refractivity contribution in [3.05, 3.63) is 42.1 Å². The van der Waals surface area contributed by atoms with E-state index in [0.29, 0.717) is 5.69 Å². The molecule has 0 atom stereocenters. The summed E-state index contributed by atoms with van der Waals surface area (Å²) in [5.41, 5.74) is 14.3. The predicted molar refractivity (Wildman–Crippen MR) is 52.3 cm³/mol. The molecule has 0 amide bonds. The number of hydrogen-bond donors (Lipinski definition) is 1. The molecule has 2 nitrogen and oxygen atoms in total. The lowest BCUT2D eigenvalue weighted by atomic mass is 10.1. The van der Waals surface area contributed by atoms with Crippen molar-refractivity contribution in [2.24, 2.45) is 0 Å². The van der Waals surface area contributed by atoms with Crippen LogP contribution in [0, 0.1) is 0 Å². The summed E-state index contributed by atoms with van der Waals surface area (Å²) in [4.78, 5) is 0. The topological polar surface area (TPSA) is 49.8 Å². The number of fused-ring (bicyclic) bond motifs is 1. The van der Waals surface area contributed by atoms with E-state index in [-0.39, 0.29) is 0 Å². The molecule has 0 aromatic heterocycles. The number of nitrogen functional groups attached to an aromatic ring is 1. The number of anilines is 1. The number of rotatable bonds is 0. The van der Waals surface area contributed by atoms with Crippen molar-refractivity contribution < 1.29 is 0 Å². The largest absolute Gasteiger partial charge is 0.699 e. The average molecular weight is 157 g/mol. The minimum Gasteiger partial charge on any atom is -0.699 e. The standard InChI is InChI=1S/C10H9N2/c11-9-3-1-7-5-10(12)4-2-8(7)6-9/h1-6,11H,12H2/q-1. The molecule has 0 aliphatic rings. The maximum absolute atomic E-state index is 7.40. The smallest absolute Gasteiger partial charge is 0.0320 e. The maximum atomic E-state index is 7.40. The van der Waals surface area contributed by atoms with Crippen LogP contribution in [-0.4, -0.2) is 0 Å². The van der Waals surface area contributed by atoms with Crippen LogP contribution in [0.5, 0.6) is 0 Å². The van der Waals surface area contributed by atoms with Crippen LogP contribution in [0.2, 0.25) is 0 Å². The van der Waals surface area contributed by atoms with Gasteiger partial charge in [0.05, 0.1) is 0 Å². The zero-order valence-electron chi connectivity index (χ0n) is 6.54. The van der Waals surface area contributed by atoms with E-state index in [1.165, 1.54) is 0 Å². The Balaban J connectivity index is 2.79. The molecule has 2 rings (SSSR count). The van der Waals surface area contributed by atoms with Crippen LogP contribution in [-0.2, 0) is 0 Å². The first-order valence-electron chi connectivity index (χ1n) is 3.76. The molecule has 0 unspecified atom stereocenters. The lowest BCUT2D eigenvalue weighted by molar-refractivity contribution is 1.73. The van der Waals surface area contributed by atoms with Gasteiger partial charge in [0, 0.05) is 5.69 Å². The van der Waals surface area contributed by atoms with Crippen LogP contribution in [0.25, 0.3) is 16.5 Å². The summed E-state index contributed by atoms with van der Waals surface area (Å²) in [6, 6.07) is 11.2. The fourth-order valence-corrected chi connectivity index (χ4v) is 1.26. The minimum atomic E-state index is 0.535. The highest BCUT2D eigenvalue weighted by atomic mass is 14.5. The van der Waals surface area contributed by atoms with Gasteiger partial charge in [-0.1, -0.05) is 24.3 Å². The van der Waals surface area contributed by atoms with Gasteiger partial charge >= 0.3 is 0 Å². The third-order valence-corrected chi connectivity index (χ3v) is 1.86. The van der Waals surface area contributed by atoms with Crippen molar-refractivity contribution in [2.45, 2.75) is 0 Å². The van der Waals surface area contributed by atoms with Gasteiger partial charge in [-0.2, -0.15) is 0 Å². The van der Waals surface area contributed by atoms with Gasteiger partial charge in [-0.3, -0.25) is 0 Å². The van der Waals surface area contributed by atoms with E-state index in [0.717, 1.165) is 16.5 Å². The minimum absolute atomic E-state index is 0.535. The maximum Gasteiger partial charge on any atom is 0.0320 e. The van der Waals surface area contributed by atoms with Crippen LogP contribution < -0.4 is 5.73 Å². The summed E-state index contributed by atoms with van der Waals surface area (Å²) in [7, 11) is 0. The Morgan fingerprint density at radius 2 is 1.58 bits per heavy atom. The van der Waals surface area contributed by atoms with Crippen molar-refractivity contribution in [1.29, 1.82) is 0 Å². The molecule has 2 heteroatoms. The highest BCUT2D eigenvalue weighted by Gasteiger charge is 1.91. The lowest BCUT2D eigenvalue weighted by Gasteiger charge is -2.04. The average Bonchev–Trinajstić information content (AvgIpc) is 2.05. The van der Waals surface area contributed by atoms with Gasteiger partial charge in [0.2, 0.25) is 0 Å². The second-order valence-corrected chi connectivity index (χ2v) is 2.82. The number of nitrogens with two attached hydrogens (primary N) is 1. The molecule has 3 N–H and O–H groups in total. The lowest BCUT2D eigenvalue weighted by Crippen LogP contribution is -1.82. The van der Waals surface area contributed by atoms with Crippen LogP contribution in [0.1, 0.15) is 0 Å². The van der Waals surface area contributed by atoms with Gasteiger partial charge in [0.1, 0.15) is 0 Å². The highest BCUT2D eigenvalue weighted by Crippen LogP contribution is 2.21. The van der Waals surface area contributed by atoms with Gasteiger partial charge in [0.15, 0.2) is 0 Å². The summed E-state index contributed by atoms with van der Waals surface area (Å²) < 4.78 is 0. The summed E-state index contributed by atoms with van der Waals surface area (Å²) in [5.74, 6) is 0. The van der Waals surface area contributed by atoms with Crippen LogP contribution >= 0.6 is 0 Å². The Morgan fingerprint density at radius 3 is 2.42 bits per heavy atom. The highest BCUT2D eigenvalue weighted by molar-refractivity contribution is 5.88. The third kappa shape index (κ3) is 1.07. The van der Waals surface area contributed by atoms with Crippen LogP contribution in [0.4, 0.5) is 11.4 Å². The molecular weight excluding hydrogens is 148 g/mol. The van der Waals surface area contributed by atoms with E-state index in [1.807, 2.05) is 30.3 Å². The molecule has 60 valence electrons. The van der Waals surface area contributed by atoms with E-state index in [9.17, 15) is 0 Å². The Bertz CT molecular complexity index is 380. The Kier molecular flexibility index (Phi) is 1.40. The van der Waals surface area contributed by atoms with E-state index in [2.05, 4.69) is 0 Å². The predicted octanol–water partition coefficient (Wildman–Crippen LogP) is 3.11. The van der Waals surface area contributed by atoms with Crippen LogP contribution in [0.3, 0.4) is 0 Å². The zero-order valence-corrected chi connectivity index (χ0v) is 6.54. The van der Waals surface area contributed by atoms with Crippen molar-refractivity contribution in [1.82, 2.24) is 0 Å². The second kappa shape index (κ2) is 2.41. The molecule has 0 radical (unpaired) electrons.